The number of Topliss-reactive ketones (excluding diaryl/α,β-unsaturated/α-hetero) is 1. The fraction of sp³-hybridized carbons (Fsp3) is 0.179. The molecule has 0 saturated carbocycles. The Hall–Kier alpha value is -4.39. The normalized spacial score (nSPS) is 15.3. The summed E-state index contributed by atoms with van der Waals surface area (Å²) in [5.41, 5.74) is 2.22. The number of aliphatic hydroxyl groups is 1. The lowest BCUT2D eigenvalue weighted by atomic mass is 9.92. The Bertz CT molecular complexity index is 1260. The number of methoxy groups -OCH3 is 1. The van der Waals surface area contributed by atoms with Gasteiger partial charge in [-0.15, -0.1) is 0 Å². The molecule has 0 bridgehead atoms. The first kappa shape index (κ1) is 23.8. The molecule has 0 radical (unpaired) electrons. The first-order valence-electron chi connectivity index (χ1n) is 11.2. The van der Waals surface area contributed by atoms with Crippen molar-refractivity contribution in [1.29, 1.82) is 0 Å². The summed E-state index contributed by atoms with van der Waals surface area (Å²) in [6, 6.07) is 21.6. The molecule has 1 aliphatic rings. The lowest BCUT2D eigenvalue weighted by molar-refractivity contribution is -0.142. The smallest absolute Gasteiger partial charge is 0.310 e. The maximum atomic E-state index is 13.5. The second-order valence-corrected chi connectivity index (χ2v) is 7.96. The van der Waals surface area contributed by atoms with Gasteiger partial charge in [-0.2, -0.15) is 0 Å². The third-order valence-electron chi connectivity index (χ3n) is 5.79. The van der Waals surface area contributed by atoms with Gasteiger partial charge >= 0.3 is 5.97 Å². The van der Waals surface area contributed by atoms with E-state index >= 15 is 0 Å². The van der Waals surface area contributed by atoms with Crippen molar-refractivity contribution < 1.29 is 29.0 Å². The molecule has 0 saturated heterocycles. The first-order valence-corrected chi connectivity index (χ1v) is 11.2. The molecule has 0 aliphatic carbocycles. The van der Waals surface area contributed by atoms with Crippen LogP contribution >= 0.6 is 0 Å². The zero-order valence-corrected chi connectivity index (χ0v) is 19.4. The molecule has 35 heavy (non-hydrogen) atoms. The summed E-state index contributed by atoms with van der Waals surface area (Å²) in [4.78, 5) is 40.0. The van der Waals surface area contributed by atoms with Gasteiger partial charge in [0.2, 0.25) is 0 Å². The summed E-state index contributed by atoms with van der Waals surface area (Å²) in [5.74, 6) is -1.46. The minimum atomic E-state index is -0.825. The Morgan fingerprint density at radius 1 is 0.943 bits per heavy atom. The van der Waals surface area contributed by atoms with E-state index in [0.717, 1.165) is 5.56 Å². The lowest BCUT2D eigenvalue weighted by Crippen LogP contribution is -2.31. The Morgan fingerprint density at radius 2 is 1.60 bits per heavy atom. The SMILES string of the molecule is CCOC(=O)Cc1ccc(N2C(=O)C(O)=C(C(=O)c3ccc(OC)cc3)C2c2ccccc2)cc1. The number of carbonyl (C=O) groups is 3. The lowest BCUT2D eigenvalue weighted by Gasteiger charge is -2.27. The predicted octanol–water partition coefficient (Wildman–Crippen LogP) is 4.58. The molecule has 1 heterocycles. The van der Waals surface area contributed by atoms with Crippen molar-refractivity contribution >= 4 is 23.3 Å². The molecule has 1 aliphatic heterocycles. The number of rotatable bonds is 8. The van der Waals surface area contributed by atoms with E-state index in [9.17, 15) is 19.5 Å². The summed E-state index contributed by atoms with van der Waals surface area (Å²) in [7, 11) is 1.53. The van der Waals surface area contributed by atoms with Crippen molar-refractivity contribution in [1.82, 2.24) is 0 Å². The van der Waals surface area contributed by atoms with Gasteiger partial charge in [0.25, 0.3) is 5.91 Å². The van der Waals surface area contributed by atoms with E-state index in [1.807, 2.05) is 18.2 Å². The third kappa shape index (κ3) is 4.80. The molecule has 1 N–H and O–H groups in total. The molecular formula is C28H25NO6. The van der Waals surface area contributed by atoms with E-state index in [0.29, 0.717) is 29.2 Å². The largest absolute Gasteiger partial charge is 0.503 e. The number of anilines is 1. The van der Waals surface area contributed by atoms with Gasteiger partial charge in [-0.1, -0.05) is 42.5 Å². The van der Waals surface area contributed by atoms with Crippen LogP contribution < -0.4 is 9.64 Å². The quantitative estimate of drug-likeness (QED) is 0.382. The predicted molar refractivity (Wildman–Crippen MR) is 130 cm³/mol. The first-order chi connectivity index (χ1) is 16.9. The van der Waals surface area contributed by atoms with E-state index in [4.69, 9.17) is 9.47 Å². The van der Waals surface area contributed by atoms with Crippen LogP contribution in [-0.4, -0.2) is 36.5 Å². The van der Waals surface area contributed by atoms with Gasteiger partial charge in [0.05, 0.1) is 31.8 Å². The molecule has 7 heteroatoms. The third-order valence-corrected chi connectivity index (χ3v) is 5.79. The number of aliphatic hydroxyl groups excluding tert-OH is 1. The Kier molecular flexibility index (Phi) is 6.96. The van der Waals surface area contributed by atoms with Crippen molar-refractivity contribution in [2.24, 2.45) is 0 Å². The maximum Gasteiger partial charge on any atom is 0.310 e. The molecule has 0 aromatic heterocycles. The van der Waals surface area contributed by atoms with Crippen LogP contribution in [0.5, 0.6) is 5.75 Å². The number of ketones is 1. The molecule has 1 atom stereocenters. The van der Waals surface area contributed by atoms with Crippen molar-refractivity contribution in [3.05, 3.63) is 107 Å². The highest BCUT2D eigenvalue weighted by molar-refractivity contribution is 6.20. The molecule has 0 fully saturated rings. The van der Waals surface area contributed by atoms with E-state index in [1.54, 1.807) is 67.6 Å². The number of esters is 1. The molecule has 3 aromatic rings. The average Bonchev–Trinajstić information content (AvgIpc) is 3.15. The molecule has 1 unspecified atom stereocenters. The monoisotopic (exact) mass is 471 g/mol. The Labute approximate surface area is 203 Å². The molecule has 0 spiro atoms. The van der Waals surface area contributed by atoms with Gasteiger partial charge in [-0.05, 0) is 54.4 Å². The van der Waals surface area contributed by atoms with Crippen LogP contribution in [0, 0.1) is 0 Å². The van der Waals surface area contributed by atoms with Crippen molar-refractivity contribution in [3.8, 4) is 5.75 Å². The minimum Gasteiger partial charge on any atom is -0.503 e. The van der Waals surface area contributed by atoms with Crippen LogP contribution in [0.1, 0.15) is 34.5 Å². The second kappa shape index (κ2) is 10.3. The number of ether oxygens (including phenoxy) is 2. The topological polar surface area (TPSA) is 93.1 Å². The highest BCUT2D eigenvalue weighted by atomic mass is 16.5. The number of benzene rings is 3. The number of hydrogen-bond acceptors (Lipinski definition) is 6. The van der Waals surface area contributed by atoms with Gasteiger partial charge < -0.3 is 14.6 Å². The Balaban J connectivity index is 1.72. The fourth-order valence-corrected chi connectivity index (χ4v) is 4.11. The van der Waals surface area contributed by atoms with Crippen molar-refractivity contribution in [2.45, 2.75) is 19.4 Å². The van der Waals surface area contributed by atoms with Crippen LogP contribution in [-0.2, 0) is 20.7 Å². The summed E-state index contributed by atoms with van der Waals surface area (Å²) < 4.78 is 10.2. The van der Waals surface area contributed by atoms with E-state index in [2.05, 4.69) is 0 Å². The van der Waals surface area contributed by atoms with Gasteiger partial charge in [0.15, 0.2) is 11.5 Å². The molecule has 1 amide bonds. The average molecular weight is 472 g/mol. The van der Waals surface area contributed by atoms with Gasteiger partial charge in [-0.3, -0.25) is 19.3 Å². The molecule has 178 valence electrons. The van der Waals surface area contributed by atoms with Crippen molar-refractivity contribution in [2.75, 3.05) is 18.6 Å². The van der Waals surface area contributed by atoms with Gasteiger partial charge in [-0.25, -0.2) is 0 Å². The standard InChI is InChI=1S/C28H25NO6/c1-3-35-23(30)17-18-9-13-21(14-10-18)29-25(19-7-5-4-6-8-19)24(27(32)28(29)33)26(31)20-11-15-22(34-2)16-12-20/h4-16,25,32H,3,17H2,1-2H3. The van der Waals surface area contributed by atoms with Gasteiger partial charge in [0.1, 0.15) is 5.75 Å². The highest BCUT2D eigenvalue weighted by Gasteiger charge is 2.44. The second-order valence-electron chi connectivity index (χ2n) is 7.96. The number of amides is 1. The molecule has 4 rings (SSSR count). The van der Waals surface area contributed by atoms with Crippen molar-refractivity contribution in [3.63, 3.8) is 0 Å². The number of hydrogen-bond donors (Lipinski definition) is 1. The van der Waals surface area contributed by atoms with E-state index in [1.165, 1.54) is 12.0 Å². The number of nitrogens with zero attached hydrogens (tertiary/aromatic N) is 1. The summed E-state index contributed by atoms with van der Waals surface area (Å²) in [5, 5.41) is 10.9. The molecular weight excluding hydrogens is 446 g/mol. The van der Waals surface area contributed by atoms with Crippen LogP contribution in [0.4, 0.5) is 5.69 Å². The molecule has 3 aromatic carbocycles. The summed E-state index contributed by atoms with van der Waals surface area (Å²) >= 11 is 0. The van der Waals surface area contributed by atoms with Crippen LogP contribution in [0.25, 0.3) is 0 Å². The van der Waals surface area contributed by atoms with Crippen LogP contribution in [0.2, 0.25) is 0 Å². The van der Waals surface area contributed by atoms with Crippen LogP contribution in [0.3, 0.4) is 0 Å². The fourth-order valence-electron chi connectivity index (χ4n) is 4.11. The minimum absolute atomic E-state index is 0.00182. The Morgan fingerprint density at radius 3 is 2.20 bits per heavy atom. The zero-order chi connectivity index (χ0) is 24.9. The molecule has 7 nitrogen and oxygen atoms in total. The van der Waals surface area contributed by atoms with Crippen LogP contribution in [0.15, 0.2) is 90.2 Å². The highest BCUT2D eigenvalue weighted by Crippen LogP contribution is 2.42. The van der Waals surface area contributed by atoms with E-state index in [-0.39, 0.29) is 18.0 Å². The number of carbonyl (C=O) groups excluding carboxylic acids is 3. The summed E-state index contributed by atoms with van der Waals surface area (Å²) in [6.07, 6.45) is 0.106. The zero-order valence-electron chi connectivity index (χ0n) is 19.4. The maximum absolute atomic E-state index is 13.5. The van der Waals surface area contributed by atoms with Gasteiger partial charge in [0, 0.05) is 11.3 Å². The van der Waals surface area contributed by atoms with E-state index < -0.39 is 23.5 Å². The summed E-state index contributed by atoms with van der Waals surface area (Å²) in [6.45, 7) is 2.04.